The van der Waals surface area contributed by atoms with Gasteiger partial charge in [-0.1, -0.05) is 41.0 Å². The summed E-state index contributed by atoms with van der Waals surface area (Å²) >= 11 is 3.53. The first-order valence-corrected chi connectivity index (χ1v) is 8.11. The van der Waals surface area contributed by atoms with Crippen LogP contribution in [0.25, 0.3) is 0 Å². The SMILES string of the molecule is CC.CCCC(C)(C)C(CCNC)N(C)C.CS. The molecule has 18 heavy (non-hydrogen) atoms. The van der Waals surface area contributed by atoms with Crippen molar-refractivity contribution in [1.82, 2.24) is 10.2 Å². The van der Waals surface area contributed by atoms with Crippen molar-refractivity contribution in [2.75, 3.05) is 33.9 Å². The molecule has 3 heteroatoms. The van der Waals surface area contributed by atoms with Crippen LogP contribution in [0.3, 0.4) is 0 Å². The van der Waals surface area contributed by atoms with E-state index in [2.05, 4.69) is 57.7 Å². The minimum Gasteiger partial charge on any atom is -0.320 e. The molecule has 0 rings (SSSR count). The fourth-order valence-electron chi connectivity index (χ4n) is 2.44. The van der Waals surface area contributed by atoms with E-state index >= 15 is 0 Å². The Hall–Kier alpha value is 0.270. The van der Waals surface area contributed by atoms with Crippen LogP contribution < -0.4 is 5.32 Å². The molecule has 0 aromatic rings. The Balaban J connectivity index is -0.000000506. The summed E-state index contributed by atoms with van der Waals surface area (Å²) in [4.78, 5) is 2.37. The van der Waals surface area contributed by atoms with Crippen molar-refractivity contribution in [3.63, 3.8) is 0 Å². The van der Waals surface area contributed by atoms with Crippen LogP contribution in [0, 0.1) is 5.41 Å². The van der Waals surface area contributed by atoms with E-state index in [9.17, 15) is 0 Å². The van der Waals surface area contributed by atoms with Crippen molar-refractivity contribution in [2.45, 2.75) is 59.9 Å². The molecule has 0 spiro atoms. The van der Waals surface area contributed by atoms with Crippen molar-refractivity contribution in [2.24, 2.45) is 5.41 Å². The van der Waals surface area contributed by atoms with Crippen LogP contribution >= 0.6 is 12.6 Å². The van der Waals surface area contributed by atoms with Crippen LogP contribution in [0.5, 0.6) is 0 Å². The van der Waals surface area contributed by atoms with Gasteiger partial charge in [0.25, 0.3) is 0 Å². The van der Waals surface area contributed by atoms with Gasteiger partial charge in [0.1, 0.15) is 0 Å². The Kier molecular flexibility index (Phi) is 19.9. The van der Waals surface area contributed by atoms with E-state index in [1.54, 1.807) is 6.26 Å². The number of rotatable bonds is 7. The summed E-state index contributed by atoms with van der Waals surface area (Å²) in [5, 5.41) is 3.24. The number of thiol groups is 1. The van der Waals surface area contributed by atoms with Gasteiger partial charge in [0.15, 0.2) is 0 Å². The molecule has 1 N–H and O–H groups in total. The molecule has 0 fully saturated rings. The zero-order valence-electron chi connectivity index (χ0n) is 14.3. The third-order valence-corrected chi connectivity index (χ3v) is 3.09. The lowest BCUT2D eigenvalue weighted by atomic mass is 9.78. The fourth-order valence-corrected chi connectivity index (χ4v) is 2.44. The number of nitrogens with zero attached hydrogens (tertiary/aromatic N) is 1. The topological polar surface area (TPSA) is 15.3 Å². The van der Waals surface area contributed by atoms with Crippen LogP contribution in [0.15, 0.2) is 0 Å². The van der Waals surface area contributed by atoms with Crippen molar-refractivity contribution < 1.29 is 0 Å². The summed E-state index contributed by atoms with van der Waals surface area (Å²) in [6.45, 7) is 12.1. The van der Waals surface area contributed by atoms with E-state index in [0.717, 1.165) is 6.54 Å². The van der Waals surface area contributed by atoms with E-state index < -0.39 is 0 Å². The molecule has 2 nitrogen and oxygen atoms in total. The lowest BCUT2D eigenvalue weighted by molar-refractivity contribution is 0.116. The minimum absolute atomic E-state index is 0.426. The van der Waals surface area contributed by atoms with Crippen LogP contribution in [-0.2, 0) is 0 Å². The van der Waals surface area contributed by atoms with Crippen LogP contribution in [-0.4, -0.2) is 44.9 Å². The smallest absolute Gasteiger partial charge is 0.0152 e. The van der Waals surface area contributed by atoms with Crippen molar-refractivity contribution in [1.29, 1.82) is 0 Å². The second kappa shape index (κ2) is 15.3. The lowest BCUT2D eigenvalue weighted by Gasteiger charge is -2.39. The molecule has 0 aliphatic heterocycles. The second-order valence-corrected chi connectivity index (χ2v) is 5.11. The highest BCUT2D eigenvalue weighted by Gasteiger charge is 2.29. The molecule has 114 valence electrons. The fraction of sp³-hybridized carbons (Fsp3) is 1.00. The molecular formula is C15H38N2S. The maximum absolute atomic E-state index is 3.53. The lowest BCUT2D eigenvalue weighted by Crippen LogP contribution is -2.42. The zero-order valence-corrected chi connectivity index (χ0v) is 15.2. The molecule has 0 bridgehead atoms. The minimum atomic E-state index is 0.426. The largest absolute Gasteiger partial charge is 0.320 e. The first-order chi connectivity index (χ1) is 8.45. The van der Waals surface area contributed by atoms with Crippen LogP contribution in [0.4, 0.5) is 0 Å². The van der Waals surface area contributed by atoms with Crippen molar-refractivity contribution >= 4 is 12.6 Å². The molecule has 0 aromatic heterocycles. The van der Waals surface area contributed by atoms with Gasteiger partial charge < -0.3 is 10.2 Å². The molecule has 0 saturated heterocycles. The van der Waals surface area contributed by atoms with Crippen molar-refractivity contribution in [3.8, 4) is 0 Å². The van der Waals surface area contributed by atoms with Crippen molar-refractivity contribution in [3.05, 3.63) is 0 Å². The number of hydrogen-bond acceptors (Lipinski definition) is 3. The maximum Gasteiger partial charge on any atom is 0.0152 e. The summed E-state index contributed by atoms with van der Waals surface area (Å²) < 4.78 is 0. The van der Waals surface area contributed by atoms with Gasteiger partial charge in [-0.15, -0.1) is 0 Å². The highest BCUT2D eigenvalue weighted by molar-refractivity contribution is 7.79. The van der Waals surface area contributed by atoms with Crippen LogP contribution in [0.2, 0.25) is 0 Å². The third kappa shape index (κ3) is 11.4. The predicted octanol–water partition coefficient (Wildman–Crippen LogP) is 3.92. The highest BCUT2D eigenvalue weighted by Crippen LogP contribution is 2.31. The standard InChI is InChI=1S/C12H28N2.C2H6.CH4S/c1-7-9-12(2,3)11(14(5)6)8-10-13-4;2*1-2/h11,13H,7-10H2,1-6H3;1-2H3;2H,1H3. The summed E-state index contributed by atoms with van der Waals surface area (Å²) in [6, 6.07) is 0.676. The van der Waals surface area contributed by atoms with E-state index in [4.69, 9.17) is 0 Å². The summed E-state index contributed by atoms with van der Waals surface area (Å²) in [5.41, 5.74) is 0.426. The molecule has 0 aliphatic carbocycles. The van der Waals surface area contributed by atoms with Crippen LogP contribution in [0.1, 0.15) is 53.9 Å². The third-order valence-electron chi connectivity index (χ3n) is 3.09. The van der Waals surface area contributed by atoms with Gasteiger partial charge in [-0.25, -0.2) is 0 Å². The van der Waals surface area contributed by atoms with Gasteiger partial charge in [0.05, 0.1) is 0 Å². The average molecular weight is 279 g/mol. The Morgan fingerprint density at radius 1 is 1.17 bits per heavy atom. The summed E-state index contributed by atoms with van der Waals surface area (Å²) in [6.07, 6.45) is 5.51. The second-order valence-electron chi connectivity index (χ2n) is 5.11. The molecule has 0 saturated carbocycles. The first kappa shape index (κ1) is 23.4. The zero-order chi connectivity index (χ0) is 15.2. The molecule has 1 atom stereocenters. The molecule has 0 aliphatic rings. The van der Waals surface area contributed by atoms with Gasteiger partial charge in [-0.05, 0) is 52.2 Å². The Morgan fingerprint density at radius 2 is 1.61 bits per heavy atom. The first-order valence-electron chi connectivity index (χ1n) is 7.21. The summed E-state index contributed by atoms with van der Waals surface area (Å²) in [7, 11) is 6.41. The van der Waals surface area contributed by atoms with Gasteiger partial charge in [-0.2, -0.15) is 12.6 Å². The van der Waals surface area contributed by atoms with Gasteiger partial charge in [0.2, 0.25) is 0 Å². The van der Waals surface area contributed by atoms with E-state index in [1.165, 1.54) is 19.3 Å². The van der Waals surface area contributed by atoms with Gasteiger partial charge >= 0.3 is 0 Å². The monoisotopic (exact) mass is 278 g/mol. The predicted molar refractivity (Wildman–Crippen MR) is 91.0 cm³/mol. The van der Waals surface area contributed by atoms with Gasteiger partial charge in [-0.3, -0.25) is 0 Å². The number of nitrogens with one attached hydrogen (secondary N) is 1. The summed E-state index contributed by atoms with van der Waals surface area (Å²) in [5.74, 6) is 0. The Bertz CT molecular complexity index is 147. The highest BCUT2D eigenvalue weighted by atomic mass is 32.1. The number of hydrogen-bond donors (Lipinski definition) is 2. The average Bonchev–Trinajstić information content (AvgIpc) is 2.34. The van der Waals surface area contributed by atoms with E-state index in [-0.39, 0.29) is 0 Å². The molecule has 0 radical (unpaired) electrons. The molecule has 0 heterocycles. The maximum atomic E-state index is 3.53. The van der Waals surface area contributed by atoms with E-state index in [0.29, 0.717) is 11.5 Å². The molecule has 0 aromatic carbocycles. The van der Waals surface area contributed by atoms with E-state index in [1.807, 2.05) is 20.9 Å². The molecule has 1 unspecified atom stereocenters. The molecular weight excluding hydrogens is 240 g/mol. The Morgan fingerprint density at radius 3 is 1.89 bits per heavy atom. The van der Waals surface area contributed by atoms with Gasteiger partial charge in [0, 0.05) is 6.04 Å². The quantitative estimate of drug-likeness (QED) is 0.686. The Labute approximate surface area is 122 Å². The molecule has 0 amide bonds. The normalized spacial score (nSPS) is 12.2.